The maximum Gasteiger partial charge on any atom is 0.225 e. The molecule has 0 unspecified atom stereocenters. The molecule has 4 nitrogen and oxygen atoms in total. The quantitative estimate of drug-likeness (QED) is 0.847. The number of anilines is 1. The number of nitrogens with zero attached hydrogens (tertiary/aromatic N) is 4. The number of aromatic nitrogens is 2. The fraction of sp³-hybridized carbons (Fsp3) is 0.750. The Labute approximate surface area is 122 Å². The Morgan fingerprint density at radius 3 is 2.65 bits per heavy atom. The molecule has 110 valence electrons. The summed E-state index contributed by atoms with van der Waals surface area (Å²) in [5.41, 5.74) is 1.52. The molecule has 0 N–H and O–H groups in total. The molecule has 0 amide bonds. The molecule has 1 spiro atoms. The Morgan fingerprint density at radius 1 is 1.20 bits per heavy atom. The van der Waals surface area contributed by atoms with Crippen molar-refractivity contribution in [3.8, 4) is 0 Å². The zero-order valence-electron chi connectivity index (χ0n) is 13.0. The van der Waals surface area contributed by atoms with Gasteiger partial charge in [0, 0.05) is 37.6 Å². The van der Waals surface area contributed by atoms with Crippen LogP contribution in [0.5, 0.6) is 0 Å². The third-order valence-corrected chi connectivity index (χ3v) is 4.71. The van der Waals surface area contributed by atoms with Crippen molar-refractivity contribution in [1.82, 2.24) is 14.9 Å². The lowest BCUT2D eigenvalue weighted by molar-refractivity contribution is 0.141. The topological polar surface area (TPSA) is 32.3 Å². The molecule has 3 rings (SSSR count). The van der Waals surface area contributed by atoms with Gasteiger partial charge >= 0.3 is 0 Å². The van der Waals surface area contributed by atoms with Gasteiger partial charge in [-0.25, -0.2) is 9.97 Å². The van der Waals surface area contributed by atoms with Gasteiger partial charge in [-0.2, -0.15) is 0 Å². The summed E-state index contributed by atoms with van der Waals surface area (Å²) in [6.07, 6.45) is 7.79. The summed E-state index contributed by atoms with van der Waals surface area (Å²) in [6, 6.07) is 0. The van der Waals surface area contributed by atoms with Crippen LogP contribution >= 0.6 is 0 Å². The summed E-state index contributed by atoms with van der Waals surface area (Å²) in [5.74, 6) is 1.65. The second-order valence-corrected chi connectivity index (χ2v) is 6.90. The van der Waals surface area contributed by atoms with Gasteiger partial charge in [0.05, 0.1) is 0 Å². The van der Waals surface area contributed by atoms with Gasteiger partial charge in [-0.1, -0.05) is 13.8 Å². The zero-order valence-corrected chi connectivity index (χ0v) is 13.0. The molecule has 1 atom stereocenters. The van der Waals surface area contributed by atoms with Crippen LogP contribution in [0.15, 0.2) is 12.4 Å². The number of rotatable bonds is 3. The summed E-state index contributed by atoms with van der Waals surface area (Å²) < 4.78 is 0. The van der Waals surface area contributed by atoms with Crippen LogP contribution in [0.2, 0.25) is 0 Å². The maximum absolute atomic E-state index is 4.50. The first-order valence-electron chi connectivity index (χ1n) is 7.88. The van der Waals surface area contributed by atoms with E-state index in [0.29, 0.717) is 5.54 Å². The van der Waals surface area contributed by atoms with E-state index in [2.05, 4.69) is 33.6 Å². The van der Waals surface area contributed by atoms with Crippen molar-refractivity contribution in [3.63, 3.8) is 0 Å². The van der Waals surface area contributed by atoms with Gasteiger partial charge in [-0.05, 0) is 44.2 Å². The predicted molar refractivity (Wildman–Crippen MR) is 82.0 cm³/mol. The molecule has 20 heavy (non-hydrogen) atoms. The van der Waals surface area contributed by atoms with Crippen LogP contribution < -0.4 is 4.90 Å². The minimum atomic E-state index is 0.387. The van der Waals surface area contributed by atoms with Gasteiger partial charge in [-0.15, -0.1) is 0 Å². The highest BCUT2D eigenvalue weighted by atomic mass is 15.3. The smallest absolute Gasteiger partial charge is 0.225 e. The van der Waals surface area contributed by atoms with Gasteiger partial charge in [0.15, 0.2) is 0 Å². The Bertz CT molecular complexity index is 456. The summed E-state index contributed by atoms with van der Waals surface area (Å²) in [6.45, 7) is 11.4. The van der Waals surface area contributed by atoms with Crippen molar-refractivity contribution < 1.29 is 0 Å². The highest BCUT2D eigenvalue weighted by molar-refractivity contribution is 5.34. The van der Waals surface area contributed by atoms with Gasteiger partial charge < -0.3 is 4.90 Å². The minimum Gasteiger partial charge on any atom is -0.339 e. The first kappa shape index (κ1) is 13.8. The molecule has 0 aromatic carbocycles. The molecule has 2 aliphatic heterocycles. The molecular weight excluding hydrogens is 248 g/mol. The Hall–Kier alpha value is -1.16. The Kier molecular flexibility index (Phi) is 3.67. The van der Waals surface area contributed by atoms with Crippen LogP contribution in [0.25, 0.3) is 0 Å². The highest BCUT2D eigenvalue weighted by Gasteiger charge is 2.46. The molecule has 2 saturated heterocycles. The second-order valence-electron chi connectivity index (χ2n) is 6.90. The maximum atomic E-state index is 4.50. The van der Waals surface area contributed by atoms with Crippen molar-refractivity contribution in [2.45, 2.75) is 45.6 Å². The molecule has 0 saturated carbocycles. The minimum absolute atomic E-state index is 0.387. The van der Waals surface area contributed by atoms with Gasteiger partial charge in [-0.3, -0.25) is 4.90 Å². The van der Waals surface area contributed by atoms with E-state index >= 15 is 0 Å². The van der Waals surface area contributed by atoms with Crippen LogP contribution in [0.4, 0.5) is 5.95 Å². The molecule has 4 heteroatoms. The zero-order chi connectivity index (χ0) is 14.2. The summed E-state index contributed by atoms with van der Waals surface area (Å²) in [5, 5.41) is 0. The average molecular weight is 274 g/mol. The normalized spacial score (nSPS) is 27.1. The van der Waals surface area contributed by atoms with Crippen LogP contribution in [0, 0.1) is 12.8 Å². The van der Waals surface area contributed by atoms with E-state index < -0.39 is 0 Å². The van der Waals surface area contributed by atoms with Gasteiger partial charge in [0.1, 0.15) is 0 Å². The molecule has 3 heterocycles. The van der Waals surface area contributed by atoms with Crippen molar-refractivity contribution in [3.05, 3.63) is 18.0 Å². The first-order chi connectivity index (χ1) is 9.59. The van der Waals surface area contributed by atoms with Crippen LogP contribution in [-0.2, 0) is 0 Å². The number of aryl methyl sites for hydroxylation is 1. The third kappa shape index (κ3) is 2.53. The lowest BCUT2D eigenvalue weighted by Gasteiger charge is -2.36. The fourth-order valence-corrected chi connectivity index (χ4v) is 3.76. The first-order valence-corrected chi connectivity index (χ1v) is 7.88. The molecule has 0 radical (unpaired) electrons. The van der Waals surface area contributed by atoms with Crippen LogP contribution in [-0.4, -0.2) is 46.6 Å². The molecule has 0 bridgehead atoms. The molecule has 2 aliphatic rings. The third-order valence-electron chi connectivity index (χ3n) is 4.71. The van der Waals surface area contributed by atoms with E-state index in [4.69, 9.17) is 0 Å². The lowest BCUT2D eigenvalue weighted by Crippen LogP contribution is -2.47. The predicted octanol–water partition coefficient (Wildman–Crippen LogP) is 2.49. The summed E-state index contributed by atoms with van der Waals surface area (Å²) in [4.78, 5) is 14.1. The molecule has 1 aromatic heterocycles. The molecular formula is C16H26N4. The number of likely N-dealkylation sites (tertiary alicyclic amines) is 1. The van der Waals surface area contributed by atoms with Crippen LogP contribution in [0.1, 0.15) is 38.7 Å². The molecule has 1 aromatic rings. The van der Waals surface area contributed by atoms with E-state index in [9.17, 15) is 0 Å². The van der Waals surface area contributed by atoms with Gasteiger partial charge in [0.25, 0.3) is 0 Å². The van der Waals surface area contributed by atoms with E-state index in [1.54, 1.807) is 0 Å². The molecule has 2 fully saturated rings. The van der Waals surface area contributed by atoms with E-state index in [-0.39, 0.29) is 0 Å². The monoisotopic (exact) mass is 274 g/mol. The largest absolute Gasteiger partial charge is 0.339 e. The number of hydrogen-bond donors (Lipinski definition) is 0. The Morgan fingerprint density at radius 2 is 1.95 bits per heavy atom. The lowest BCUT2D eigenvalue weighted by atomic mass is 9.94. The average Bonchev–Trinajstić information content (AvgIpc) is 2.99. The van der Waals surface area contributed by atoms with Crippen molar-refractivity contribution in [2.24, 2.45) is 5.92 Å². The van der Waals surface area contributed by atoms with E-state index in [1.807, 2.05) is 19.3 Å². The van der Waals surface area contributed by atoms with Crippen molar-refractivity contribution >= 4 is 5.95 Å². The van der Waals surface area contributed by atoms with E-state index in [1.165, 1.54) is 32.4 Å². The fourth-order valence-electron chi connectivity index (χ4n) is 3.76. The van der Waals surface area contributed by atoms with Crippen LogP contribution in [0.3, 0.4) is 0 Å². The van der Waals surface area contributed by atoms with E-state index in [0.717, 1.165) is 30.5 Å². The SMILES string of the molecule is Cc1cnc(N2CC[C@@]3(CCCN3CC(C)C)C2)nc1. The summed E-state index contributed by atoms with van der Waals surface area (Å²) in [7, 11) is 0. The Balaban J connectivity index is 1.73. The van der Waals surface area contributed by atoms with Crippen molar-refractivity contribution in [1.29, 1.82) is 0 Å². The number of hydrogen-bond acceptors (Lipinski definition) is 4. The second kappa shape index (κ2) is 5.32. The molecule has 0 aliphatic carbocycles. The standard InChI is InChI=1S/C16H26N4/c1-13(2)11-20-7-4-5-16(20)6-8-19(12-16)15-17-9-14(3)10-18-15/h9-10,13H,4-8,11-12H2,1-3H3/t16-/m0/s1. The highest BCUT2D eigenvalue weighted by Crippen LogP contribution is 2.38. The van der Waals surface area contributed by atoms with Crippen molar-refractivity contribution in [2.75, 3.05) is 31.1 Å². The van der Waals surface area contributed by atoms with Gasteiger partial charge in [0.2, 0.25) is 5.95 Å². The summed E-state index contributed by atoms with van der Waals surface area (Å²) >= 11 is 0.